The molecule has 3 N–H and O–H groups in total. The number of benzene rings is 2. The second-order valence-corrected chi connectivity index (χ2v) is 8.67. The van der Waals surface area contributed by atoms with Crippen molar-refractivity contribution < 1.29 is 19.4 Å². The number of aromatic hydroxyl groups is 1. The number of carbonyl (C=O) groups is 1. The Kier molecular flexibility index (Phi) is 8.08. The summed E-state index contributed by atoms with van der Waals surface area (Å²) in [5.74, 6) is 0.351. The van der Waals surface area contributed by atoms with Crippen molar-refractivity contribution >= 4 is 28.6 Å². The molecule has 0 saturated heterocycles. The zero-order chi connectivity index (χ0) is 24.6. The molecule has 1 amide bonds. The molecule has 7 heteroatoms. The van der Waals surface area contributed by atoms with Gasteiger partial charge in [-0.1, -0.05) is 18.2 Å². The monoisotopic (exact) mass is 475 g/mol. The van der Waals surface area contributed by atoms with Crippen LogP contribution in [-0.4, -0.2) is 43.3 Å². The van der Waals surface area contributed by atoms with Crippen LogP contribution in [0.1, 0.15) is 42.5 Å². The molecule has 0 spiro atoms. The topological polar surface area (TPSA) is 92.7 Å². The second-order valence-electron chi connectivity index (χ2n) is 8.67. The summed E-state index contributed by atoms with van der Waals surface area (Å²) in [6, 6.07) is 11.6. The Morgan fingerprint density at radius 2 is 1.77 bits per heavy atom. The van der Waals surface area contributed by atoms with Gasteiger partial charge in [0.05, 0.1) is 19.7 Å². The van der Waals surface area contributed by atoms with E-state index in [1.165, 1.54) is 55.5 Å². The molecule has 0 fully saturated rings. The summed E-state index contributed by atoms with van der Waals surface area (Å²) in [7, 11) is 2.94. The lowest BCUT2D eigenvalue weighted by atomic mass is 9.92. The van der Waals surface area contributed by atoms with Crippen LogP contribution in [0.2, 0.25) is 0 Å². The molecule has 0 unspecified atom stereocenters. The highest BCUT2D eigenvalue weighted by Crippen LogP contribution is 2.37. The van der Waals surface area contributed by atoms with Crippen molar-refractivity contribution in [3.05, 3.63) is 59.3 Å². The summed E-state index contributed by atoms with van der Waals surface area (Å²) in [6.07, 6.45) is 9.51. The maximum Gasteiger partial charge on any atom is 0.243 e. The molecule has 7 nitrogen and oxygen atoms in total. The van der Waals surface area contributed by atoms with Crippen molar-refractivity contribution in [2.45, 2.75) is 38.5 Å². The number of rotatable bonds is 10. The van der Waals surface area contributed by atoms with Crippen molar-refractivity contribution in [3.63, 3.8) is 0 Å². The Morgan fingerprint density at radius 3 is 2.54 bits per heavy atom. The number of anilines is 1. The predicted octanol–water partition coefficient (Wildman–Crippen LogP) is 4.86. The number of methoxy groups -OCH3 is 2. The fourth-order valence-corrected chi connectivity index (χ4v) is 4.49. The SMILES string of the molecule is COc1cc(/C=C/C(=O)NCCCCNc2c3c(nc4ccccc24)CCCC3)cc(OC)c1O. The number of fused-ring (bicyclic) bond motifs is 2. The van der Waals surface area contributed by atoms with E-state index in [9.17, 15) is 9.90 Å². The molecule has 0 aliphatic heterocycles. The first kappa shape index (κ1) is 24.4. The number of nitrogens with one attached hydrogen (secondary N) is 2. The summed E-state index contributed by atoms with van der Waals surface area (Å²) in [6.45, 7) is 1.45. The molecule has 1 aliphatic rings. The molecule has 2 aromatic carbocycles. The predicted molar refractivity (Wildman–Crippen MR) is 139 cm³/mol. The van der Waals surface area contributed by atoms with Gasteiger partial charge in [-0.05, 0) is 73.9 Å². The highest BCUT2D eigenvalue weighted by Gasteiger charge is 2.17. The zero-order valence-electron chi connectivity index (χ0n) is 20.4. The average Bonchev–Trinajstić information content (AvgIpc) is 2.89. The van der Waals surface area contributed by atoms with Gasteiger partial charge in [-0.25, -0.2) is 0 Å². The minimum Gasteiger partial charge on any atom is -0.502 e. The Bertz CT molecular complexity index is 1200. The Hall–Kier alpha value is -3.74. The molecule has 35 heavy (non-hydrogen) atoms. The van der Waals surface area contributed by atoms with Gasteiger partial charge in [-0.15, -0.1) is 0 Å². The molecule has 1 aliphatic carbocycles. The number of nitrogens with zero attached hydrogens (tertiary/aromatic N) is 1. The van der Waals surface area contributed by atoms with E-state index in [0.29, 0.717) is 23.6 Å². The van der Waals surface area contributed by atoms with E-state index in [1.54, 1.807) is 18.2 Å². The van der Waals surface area contributed by atoms with E-state index in [0.717, 1.165) is 37.7 Å². The van der Waals surface area contributed by atoms with Crippen LogP contribution >= 0.6 is 0 Å². The van der Waals surface area contributed by atoms with Gasteiger partial charge in [0.2, 0.25) is 11.7 Å². The lowest BCUT2D eigenvalue weighted by molar-refractivity contribution is -0.116. The lowest BCUT2D eigenvalue weighted by Gasteiger charge is -2.21. The number of hydrogen-bond donors (Lipinski definition) is 3. The summed E-state index contributed by atoms with van der Waals surface area (Å²) in [4.78, 5) is 17.1. The number of aryl methyl sites for hydroxylation is 1. The average molecular weight is 476 g/mol. The van der Waals surface area contributed by atoms with Gasteiger partial charge in [0.15, 0.2) is 11.5 Å². The molecule has 184 valence electrons. The largest absolute Gasteiger partial charge is 0.502 e. The summed E-state index contributed by atoms with van der Waals surface area (Å²) in [5.41, 5.74) is 5.59. The summed E-state index contributed by atoms with van der Waals surface area (Å²) in [5, 5.41) is 17.8. The van der Waals surface area contributed by atoms with Crippen LogP contribution < -0.4 is 20.1 Å². The Labute approximate surface area is 206 Å². The van der Waals surface area contributed by atoms with Gasteiger partial charge in [0, 0.05) is 35.9 Å². The number of para-hydroxylation sites is 1. The van der Waals surface area contributed by atoms with Crippen molar-refractivity contribution in [3.8, 4) is 17.2 Å². The summed E-state index contributed by atoms with van der Waals surface area (Å²) >= 11 is 0. The van der Waals surface area contributed by atoms with E-state index in [2.05, 4.69) is 28.8 Å². The van der Waals surface area contributed by atoms with Crippen molar-refractivity contribution in [1.82, 2.24) is 10.3 Å². The van der Waals surface area contributed by atoms with Gasteiger partial charge >= 0.3 is 0 Å². The Balaban J connectivity index is 1.26. The normalized spacial score (nSPS) is 13.0. The van der Waals surface area contributed by atoms with Gasteiger partial charge in [-0.3, -0.25) is 9.78 Å². The molecule has 3 aromatic rings. The number of pyridine rings is 1. The van der Waals surface area contributed by atoms with Gasteiger partial charge in [0.25, 0.3) is 0 Å². The van der Waals surface area contributed by atoms with Crippen LogP contribution in [-0.2, 0) is 17.6 Å². The van der Waals surface area contributed by atoms with Crippen LogP contribution in [0.3, 0.4) is 0 Å². The number of unbranched alkanes of at least 4 members (excludes halogenated alkanes) is 1. The number of amides is 1. The standard InChI is InChI=1S/C28H33N3O4/c1-34-24-17-19(18-25(35-2)28(24)33)13-14-26(32)29-15-7-8-16-30-27-20-9-3-5-11-22(20)31-23-12-6-4-10-21(23)27/h3,5,9,11,13-14,17-18,33H,4,6-8,10,12,15-16H2,1-2H3,(H,29,32)(H,30,31)/b14-13+. The van der Waals surface area contributed by atoms with Crippen molar-refractivity contribution in [1.29, 1.82) is 0 Å². The van der Waals surface area contributed by atoms with Crippen molar-refractivity contribution in [2.75, 3.05) is 32.6 Å². The molecule has 0 atom stereocenters. The van der Waals surface area contributed by atoms with E-state index in [1.807, 2.05) is 6.07 Å². The first-order valence-corrected chi connectivity index (χ1v) is 12.2. The van der Waals surface area contributed by atoms with E-state index < -0.39 is 0 Å². The molecule has 4 rings (SSSR count). The van der Waals surface area contributed by atoms with Crippen LogP contribution in [0.15, 0.2) is 42.5 Å². The minimum atomic E-state index is -0.168. The van der Waals surface area contributed by atoms with Crippen molar-refractivity contribution in [2.24, 2.45) is 0 Å². The fraction of sp³-hybridized carbons (Fsp3) is 0.357. The number of carbonyl (C=O) groups excluding carboxylic acids is 1. The minimum absolute atomic E-state index is 0.0644. The molecule has 0 saturated carbocycles. The highest BCUT2D eigenvalue weighted by molar-refractivity contribution is 5.93. The number of hydrogen-bond acceptors (Lipinski definition) is 6. The van der Waals surface area contributed by atoms with E-state index in [4.69, 9.17) is 14.5 Å². The first-order valence-electron chi connectivity index (χ1n) is 12.2. The maximum absolute atomic E-state index is 12.2. The molecule has 1 aromatic heterocycles. The van der Waals surface area contributed by atoms with Crippen LogP contribution in [0.5, 0.6) is 17.2 Å². The molecular weight excluding hydrogens is 442 g/mol. The third kappa shape index (κ3) is 5.85. The molecule has 0 bridgehead atoms. The third-order valence-corrected chi connectivity index (χ3v) is 6.30. The third-order valence-electron chi connectivity index (χ3n) is 6.30. The van der Waals surface area contributed by atoms with Crippen LogP contribution in [0.25, 0.3) is 17.0 Å². The molecule has 0 radical (unpaired) electrons. The fourth-order valence-electron chi connectivity index (χ4n) is 4.49. The number of phenols is 1. The quantitative estimate of drug-likeness (QED) is 0.287. The van der Waals surface area contributed by atoms with Crippen LogP contribution in [0.4, 0.5) is 5.69 Å². The van der Waals surface area contributed by atoms with Crippen LogP contribution in [0, 0.1) is 0 Å². The number of phenolic OH excluding ortho intramolecular Hbond substituents is 1. The first-order chi connectivity index (χ1) is 17.1. The zero-order valence-corrected chi connectivity index (χ0v) is 20.4. The second kappa shape index (κ2) is 11.6. The summed E-state index contributed by atoms with van der Waals surface area (Å²) < 4.78 is 10.3. The lowest BCUT2D eigenvalue weighted by Crippen LogP contribution is -2.22. The number of ether oxygens (including phenoxy) is 2. The molecular formula is C28H33N3O4. The molecule has 1 heterocycles. The smallest absolute Gasteiger partial charge is 0.243 e. The Morgan fingerprint density at radius 1 is 1.06 bits per heavy atom. The number of aromatic nitrogens is 1. The van der Waals surface area contributed by atoms with E-state index in [-0.39, 0.29) is 11.7 Å². The maximum atomic E-state index is 12.2. The van der Waals surface area contributed by atoms with Gasteiger partial charge in [-0.2, -0.15) is 0 Å². The highest BCUT2D eigenvalue weighted by atomic mass is 16.5. The van der Waals surface area contributed by atoms with E-state index >= 15 is 0 Å². The van der Waals surface area contributed by atoms with Gasteiger partial charge in [0.1, 0.15) is 0 Å². The van der Waals surface area contributed by atoms with Gasteiger partial charge < -0.3 is 25.2 Å².